The Kier molecular flexibility index (Phi) is 4.74. The normalized spacial score (nSPS) is 12.1. The van der Waals surface area contributed by atoms with Gasteiger partial charge in [-0.1, -0.05) is 12.1 Å². The highest BCUT2D eigenvalue weighted by atomic mass is 32.1. The van der Waals surface area contributed by atoms with Crippen molar-refractivity contribution in [2.45, 2.75) is 25.9 Å². The second-order valence-corrected chi connectivity index (χ2v) is 5.66. The lowest BCUT2D eigenvalue weighted by atomic mass is 10.2. The van der Waals surface area contributed by atoms with E-state index in [1.54, 1.807) is 46.2 Å². The fourth-order valence-corrected chi connectivity index (χ4v) is 2.80. The minimum absolute atomic E-state index is 0.0432. The maximum absolute atomic E-state index is 12.2. The lowest BCUT2D eigenvalue weighted by molar-refractivity contribution is -0.132. The average molecular weight is 290 g/mol. The van der Waals surface area contributed by atoms with E-state index >= 15 is 0 Å². The molecule has 0 spiro atoms. The number of hydrogen-bond acceptors (Lipinski definition) is 3. The first-order valence-corrected chi connectivity index (χ1v) is 7.42. The Labute approximate surface area is 122 Å². The molecule has 0 aromatic carbocycles. The molecule has 0 saturated carbocycles. The molecule has 0 saturated heterocycles. The van der Waals surface area contributed by atoms with E-state index in [4.69, 9.17) is 0 Å². The highest BCUT2D eigenvalue weighted by Gasteiger charge is 2.17. The second-order valence-electron chi connectivity index (χ2n) is 4.68. The standard InChI is InChI=1S/C15H18N2O2S/c1-12(13-6-5-11-20-13)16(2)14(18)8-10-17-9-4-3-7-15(17)19/h3-7,9,11-12H,8,10H2,1-2H3. The van der Waals surface area contributed by atoms with Gasteiger partial charge in [0.05, 0.1) is 6.04 Å². The average Bonchev–Trinajstić information content (AvgIpc) is 2.98. The van der Waals surface area contributed by atoms with Crippen molar-refractivity contribution in [3.8, 4) is 0 Å². The number of thiophene rings is 1. The van der Waals surface area contributed by atoms with Crippen LogP contribution < -0.4 is 5.56 Å². The van der Waals surface area contributed by atoms with Gasteiger partial charge in [0.1, 0.15) is 0 Å². The molecule has 0 fully saturated rings. The summed E-state index contributed by atoms with van der Waals surface area (Å²) in [6.07, 6.45) is 2.04. The van der Waals surface area contributed by atoms with E-state index in [2.05, 4.69) is 0 Å². The lowest BCUT2D eigenvalue weighted by Gasteiger charge is -2.24. The number of nitrogens with zero attached hydrogens (tertiary/aromatic N) is 2. The number of hydrogen-bond donors (Lipinski definition) is 0. The maximum atomic E-state index is 12.2. The molecule has 1 unspecified atom stereocenters. The minimum atomic E-state index is -0.0748. The van der Waals surface area contributed by atoms with Crippen LogP contribution in [0.15, 0.2) is 46.7 Å². The highest BCUT2D eigenvalue weighted by molar-refractivity contribution is 7.10. The molecule has 5 heteroatoms. The minimum Gasteiger partial charge on any atom is -0.338 e. The number of aromatic nitrogens is 1. The van der Waals surface area contributed by atoms with Crippen molar-refractivity contribution in [2.75, 3.05) is 7.05 Å². The highest BCUT2D eigenvalue weighted by Crippen LogP contribution is 2.23. The molecule has 0 N–H and O–H groups in total. The predicted molar refractivity (Wildman–Crippen MR) is 80.8 cm³/mol. The third-order valence-electron chi connectivity index (χ3n) is 3.39. The van der Waals surface area contributed by atoms with Crippen LogP contribution in [0.3, 0.4) is 0 Å². The van der Waals surface area contributed by atoms with E-state index in [1.165, 1.54) is 6.07 Å². The van der Waals surface area contributed by atoms with Crippen LogP contribution in [0.4, 0.5) is 0 Å². The summed E-state index contributed by atoms with van der Waals surface area (Å²) in [5.41, 5.74) is -0.0748. The lowest BCUT2D eigenvalue weighted by Crippen LogP contribution is -2.31. The van der Waals surface area contributed by atoms with Crippen LogP contribution in [-0.2, 0) is 11.3 Å². The Hall–Kier alpha value is -1.88. The second kappa shape index (κ2) is 6.52. The van der Waals surface area contributed by atoms with E-state index in [0.29, 0.717) is 13.0 Å². The number of aryl methyl sites for hydroxylation is 1. The fraction of sp³-hybridized carbons (Fsp3) is 0.333. The molecule has 2 aromatic rings. The molecule has 2 rings (SSSR count). The Morgan fingerprint density at radius 2 is 2.15 bits per heavy atom. The monoisotopic (exact) mass is 290 g/mol. The molecule has 2 aromatic heterocycles. The van der Waals surface area contributed by atoms with Gasteiger partial charge in [0, 0.05) is 37.2 Å². The fourth-order valence-electron chi connectivity index (χ4n) is 1.97. The smallest absolute Gasteiger partial charge is 0.250 e. The van der Waals surface area contributed by atoms with Gasteiger partial charge in [-0.25, -0.2) is 0 Å². The molecular weight excluding hydrogens is 272 g/mol. The first kappa shape index (κ1) is 14.5. The van der Waals surface area contributed by atoms with E-state index in [0.717, 1.165) is 4.88 Å². The summed E-state index contributed by atoms with van der Waals surface area (Å²) >= 11 is 1.64. The Morgan fingerprint density at radius 3 is 2.80 bits per heavy atom. The molecule has 20 heavy (non-hydrogen) atoms. The molecule has 0 aliphatic carbocycles. The van der Waals surface area contributed by atoms with Crippen LogP contribution in [-0.4, -0.2) is 22.4 Å². The molecule has 0 bridgehead atoms. The van der Waals surface area contributed by atoms with Crippen molar-refractivity contribution >= 4 is 17.2 Å². The summed E-state index contributed by atoms with van der Waals surface area (Å²) in [7, 11) is 1.81. The molecule has 0 aliphatic rings. The molecule has 106 valence electrons. The molecular formula is C15H18N2O2S. The molecule has 2 heterocycles. The van der Waals surface area contributed by atoms with E-state index in [9.17, 15) is 9.59 Å². The van der Waals surface area contributed by atoms with E-state index < -0.39 is 0 Å². The first-order chi connectivity index (χ1) is 9.59. The van der Waals surface area contributed by atoms with Gasteiger partial charge in [-0.15, -0.1) is 11.3 Å². The summed E-state index contributed by atoms with van der Waals surface area (Å²) in [5, 5.41) is 2.01. The number of carbonyl (C=O) groups is 1. The van der Waals surface area contributed by atoms with Crippen molar-refractivity contribution in [3.63, 3.8) is 0 Å². The van der Waals surface area contributed by atoms with Crippen LogP contribution in [0.5, 0.6) is 0 Å². The maximum Gasteiger partial charge on any atom is 0.250 e. The van der Waals surface area contributed by atoms with Crippen LogP contribution in [0, 0.1) is 0 Å². The zero-order valence-electron chi connectivity index (χ0n) is 11.7. The van der Waals surface area contributed by atoms with Crippen molar-refractivity contribution in [1.29, 1.82) is 0 Å². The third-order valence-corrected chi connectivity index (χ3v) is 4.44. The largest absolute Gasteiger partial charge is 0.338 e. The zero-order chi connectivity index (χ0) is 14.5. The van der Waals surface area contributed by atoms with Gasteiger partial charge in [-0.05, 0) is 24.4 Å². The van der Waals surface area contributed by atoms with Gasteiger partial charge >= 0.3 is 0 Å². The predicted octanol–water partition coefficient (Wildman–Crippen LogP) is 2.52. The third kappa shape index (κ3) is 3.36. The molecule has 0 aliphatic heterocycles. The summed E-state index contributed by atoms with van der Waals surface area (Å²) in [6.45, 7) is 2.43. The molecule has 4 nitrogen and oxygen atoms in total. The van der Waals surface area contributed by atoms with Gasteiger partial charge in [0.25, 0.3) is 5.56 Å². The van der Waals surface area contributed by atoms with Gasteiger partial charge in [-0.2, -0.15) is 0 Å². The van der Waals surface area contributed by atoms with Gasteiger partial charge in [-0.3, -0.25) is 9.59 Å². The van der Waals surface area contributed by atoms with Crippen LogP contribution in [0.1, 0.15) is 24.3 Å². The summed E-state index contributed by atoms with van der Waals surface area (Å²) in [5.74, 6) is 0.0432. The quantitative estimate of drug-likeness (QED) is 0.849. The topological polar surface area (TPSA) is 42.3 Å². The van der Waals surface area contributed by atoms with E-state index in [1.807, 2.05) is 24.4 Å². The van der Waals surface area contributed by atoms with Crippen molar-refractivity contribution < 1.29 is 4.79 Å². The zero-order valence-corrected chi connectivity index (χ0v) is 12.5. The van der Waals surface area contributed by atoms with Crippen LogP contribution in [0.25, 0.3) is 0 Å². The Balaban J connectivity index is 1.95. The first-order valence-electron chi connectivity index (χ1n) is 6.54. The van der Waals surface area contributed by atoms with Gasteiger partial charge in [0.2, 0.25) is 5.91 Å². The van der Waals surface area contributed by atoms with Crippen molar-refractivity contribution in [1.82, 2.24) is 9.47 Å². The summed E-state index contributed by atoms with van der Waals surface area (Å²) in [4.78, 5) is 26.6. The van der Waals surface area contributed by atoms with E-state index in [-0.39, 0.29) is 17.5 Å². The number of rotatable bonds is 5. The molecule has 1 amide bonds. The Morgan fingerprint density at radius 1 is 1.35 bits per heavy atom. The van der Waals surface area contributed by atoms with Crippen LogP contribution >= 0.6 is 11.3 Å². The summed E-state index contributed by atoms with van der Waals surface area (Å²) in [6, 6.07) is 9.08. The van der Waals surface area contributed by atoms with Crippen molar-refractivity contribution in [2.24, 2.45) is 0 Å². The SMILES string of the molecule is CC(c1cccs1)N(C)C(=O)CCn1ccccc1=O. The number of amides is 1. The van der Waals surface area contributed by atoms with Crippen molar-refractivity contribution in [3.05, 3.63) is 57.1 Å². The van der Waals surface area contributed by atoms with Crippen LogP contribution in [0.2, 0.25) is 0 Å². The molecule has 1 atom stereocenters. The number of carbonyl (C=O) groups excluding carboxylic acids is 1. The number of pyridine rings is 1. The van der Waals surface area contributed by atoms with Gasteiger partial charge < -0.3 is 9.47 Å². The van der Waals surface area contributed by atoms with Gasteiger partial charge in [0.15, 0.2) is 0 Å². The molecule has 0 radical (unpaired) electrons. The Bertz CT molecular complexity index is 619. The summed E-state index contributed by atoms with van der Waals surface area (Å²) < 4.78 is 1.56.